The highest BCUT2D eigenvalue weighted by molar-refractivity contribution is 5.77. The number of carbonyl (C=O) groups is 1. The summed E-state index contributed by atoms with van der Waals surface area (Å²) in [7, 11) is 1.66. The van der Waals surface area contributed by atoms with Crippen LogP contribution >= 0.6 is 0 Å². The van der Waals surface area contributed by atoms with Gasteiger partial charge in [0.05, 0.1) is 13.2 Å². The highest BCUT2D eigenvalue weighted by atomic mass is 16.5. The zero-order valence-corrected chi connectivity index (χ0v) is 14.2. The number of hydrogen-bond acceptors (Lipinski definition) is 5. The second-order valence-corrected chi connectivity index (χ2v) is 6.11. The molecule has 0 aliphatic carbocycles. The number of aromatic nitrogens is 2. The smallest absolute Gasteiger partial charge is 0.226 e. The molecular weight excluding hydrogens is 306 g/mol. The van der Waals surface area contributed by atoms with Gasteiger partial charge in [0.25, 0.3) is 0 Å². The summed E-state index contributed by atoms with van der Waals surface area (Å²) in [5.41, 5.74) is 1.18. The summed E-state index contributed by atoms with van der Waals surface area (Å²) >= 11 is 0. The first-order valence-electron chi connectivity index (χ1n) is 8.40. The number of methoxy groups -OCH3 is 1. The van der Waals surface area contributed by atoms with Crippen molar-refractivity contribution in [1.82, 2.24) is 15.0 Å². The molecule has 0 spiro atoms. The maximum Gasteiger partial charge on any atom is 0.226 e. The lowest BCUT2D eigenvalue weighted by Gasteiger charge is -2.25. The van der Waals surface area contributed by atoms with E-state index in [1.165, 1.54) is 5.56 Å². The zero-order valence-electron chi connectivity index (χ0n) is 14.2. The van der Waals surface area contributed by atoms with Crippen LogP contribution < -0.4 is 4.74 Å². The van der Waals surface area contributed by atoms with E-state index < -0.39 is 0 Å². The van der Waals surface area contributed by atoms with Crippen molar-refractivity contribution in [2.24, 2.45) is 0 Å². The van der Waals surface area contributed by atoms with E-state index in [-0.39, 0.29) is 11.9 Å². The molecule has 6 nitrogen and oxygen atoms in total. The second-order valence-electron chi connectivity index (χ2n) is 6.11. The molecule has 1 aliphatic heterocycles. The van der Waals surface area contributed by atoms with E-state index in [1.807, 2.05) is 17.0 Å². The first kappa shape index (κ1) is 16.5. The fraction of sp³-hybridized carbons (Fsp3) is 0.500. The summed E-state index contributed by atoms with van der Waals surface area (Å²) in [6, 6.07) is 8.18. The lowest BCUT2D eigenvalue weighted by Crippen LogP contribution is -2.30. The van der Waals surface area contributed by atoms with Crippen molar-refractivity contribution in [1.29, 1.82) is 0 Å². The third kappa shape index (κ3) is 3.75. The van der Waals surface area contributed by atoms with E-state index in [4.69, 9.17) is 9.26 Å². The van der Waals surface area contributed by atoms with Gasteiger partial charge in [-0.1, -0.05) is 17.3 Å². The van der Waals surface area contributed by atoms with Crippen molar-refractivity contribution in [3.8, 4) is 5.75 Å². The monoisotopic (exact) mass is 329 g/mol. The Morgan fingerprint density at radius 1 is 1.38 bits per heavy atom. The van der Waals surface area contributed by atoms with Crippen molar-refractivity contribution >= 4 is 5.91 Å². The number of ether oxygens (including phenoxy) is 1. The van der Waals surface area contributed by atoms with Crippen LogP contribution in [-0.2, 0) is 11.2 Å². The molecule has 0 bridgehead atoms. The highest BCUT2D eigenvalue weighted by Gasteiger charge is 2.29. The molecule has 1 aliphatic rings. The Bertz CT molecular complexity index is 681. The van der Waals surface area contributed by atoms with E-state index >= 15 is 0 Å². The quantitative estimate of drug-likeness (QED) is 0.814. The van der Waals surface area contributed by atoms with Crippen molar-refractivity contribution in [3.05, 3.63) is 41.5 Å². The van der Waals surface area contributed by atoms with Gasteiger partial charge in [-0.2, -0.15) is 4.98 Å². The molecule has 1 aromatic heterocycles. The van der Waals surface area contributed by atoms with Gasteiger partial charge in [-0.3, -0.25) is 4.79 Å². The third-order valence-corrected chi connectivity index (χ3v) is 4.42. The topological polar surface area (TPSA) is 68.5 Å². The molecule has 2 aromatic rings. The van der Waals surface area contributed by atoms with Crippen LogP contribution in [0.1, 0.15) is 49.0 Å². The van der Waals surface area contributed by atoms with Gasteiger partial charge in [-0.05, 0) is 43.9 Å². The van der Waals surface area contributed by atoms with Crippen molar-refractivity contribution in [2.45, 2.75) is 45.1 Å². The molecule has 0 radical (unpaired) electrons. The molecule has 128 valence electrons. The average molecular weight is 329 g/mol. The number of benzene rings is 1. The maximum atomic E-state index is 12.6. The van der Waals surface area contributed by atoms with Gasteiger partial charge in [0, 0.05) is 19.4 Å². The van der Waals surface area contributed by atoms with Gasteiger partial charge in [-0.25, -0.2) is 0 Å². The average Bonchev–Trinajstić information content (AvgIpc) is 3.24. The Morgan fingerprint density at radius 2 is 2.17 bits per heavy atom. The standard InChI is InChI=1S/C18H23N3O3/c1-13-19-17(24-20-13)6-3-7-18(22)21-12-4-5-16(21)14-8-10-15(23-2)11-9-14/h8-11,16H,3-7,12H2,1-2H3/t16-/m1/s1. The van der Waals surface area contributed by atoms with Crippen LogP contribution in [0, 0.1) is 6.92 Å². The zero-order chi connectivity index (χ0) is 16.9. The van der Waals surface area contributed by atoms with Gasteiger partial charge in [0.2, 0.25) is 11.8 Å². The fourth-order valence-corrected chi connectivity index (χ4v) is 3.21. The Balaban J connectivity index is 1.56. The normalized spacial score (nSPS) is 17.2. The molecule has 1 aromatic carbocycles. The van der Waals surface area contributed by atoms with E-state index in [2.05, 4.69) is 22.3 Å². The van der Waals surface area contributed by atoms with Crippen molar-refractivity contribution in [2.75, 3.05) is 13.7 Å². The summed E-state index contributed by atoms with van der Waals surface area (Å²) in [6.45, 7) is 2.62. The number of hydrogen-bond donors (Lipinski definition) is 0. The molecule has 0 saturated carbocycles. The van der Waals surface area contributed by atoms with Gasteiger partial charge >= 0.3 is 0 Å². The summed E-state index contributed by atoms with van der Waals surface area (Å²) in [5, 5.41) is 3.77. The van der Waals surface area contributed by atoms with Crippen LogP contribution in [-0.4, -0.2) is 34.6 Å². The molecule has 0 N–H and O–H groups in total. The van der Waals surface area contributed by atoms with Crippen LogP contribution in [0.15, 0.2) is 28.8 Å². The molecule has 6 heteroatoms. The van der Waals surface area contributed by atoms with E-state index in [0.29, 0.717) is 24.6 Å². The maximum absolute atomic E-state index is 12.6. The SMILES string of the molecule is COc1ccc([C@H]2CCCN2C(=O)CCCc2nc(C)no2)cc1. The lowest BCUT2D eigenvalue weighted by molar-refractivity contribution is -0.132. The minimum atomic E-state index is 0.175. The van der Waals surface area contributed by atoms with Crippen LogP contribution in [0.2, 0.25) is 0 Å². The minimum Gasteiger partial charge on any atom is -0.497 e. The highest BCUT2D eigenvalue weighted by Crippen LogP contribution is 2.33. The van der Waals surface area contributed by atoms with Crippen LogP contribution in [0.3, 0.4) is 0 Å². The van der Waals surface area contributed by atoms with Crippen LogP contribution in [0.25, 0.3) is 0 Å². The number of likely N-dealkylation sites (tertiary alicyclic amines) is 1. The number of carbonyl (C=O) groups excluding carboxylic acids is 1. The van der Waals surface area contributed by atoms with E-state index in [9.17, 15) is 4.79 Å². The first-order chi connectivity index (χ1) is 11.7. The number of rotatable bonds is 6. The van der Waals surface area contributed by atoms with Gasteiger partial charge in [0.1, 0.15) is 5.75 Å². The Kier molecular flexibility index (Phi) is 5.13. The molecule has 1 saturated heterocycles. The van der Waals surface area contributed by atoms with Gasteiger partial charge in [0.15, 0.2) is 5.82 Å². The van der Waals surface area contributed by atoms with Crippen LogP contribution in [0.4, 0.5) is 0 Å². The summed E-state index contributed by atoms with van der Waals surface area (Å²) in [4.78, 5) is 18.8. The number of nitrogens with zero attached hydrogens (tertiary/aromatic N) is 3. The predicted molar refractivity (Wildman–Crippen MR) is 88.7 cm³/mol. The Morgan fingerprint density at radius 3 is 2.83 bits per heavy atom. The molecule has 1 fully saturated rings. The van der Waals surface area contributed by atoms with Crippen molar-refractivity contribution < 1.29 is 14.1 Å². The molecule has 24 heavy (non-hydrogen) atoms. The van der Waals surface area contributed by atoms with Crippen LogP contribution in [0.5, 0.6) is 5.75 Å². The molecular formula is C18H23N3O3. The number of amides is 1. The molecule has 3 rings (SSSR count). The second kappa shape index (κ2) is 7.47. The molecule has 1 amide bonds. The van der Waals surface area contributed by atoms with E-state index in [1.54, 1.807) is 14.0 Å². The Hall–Kier alpha value is -2.37. The van der Waals surface area contributed by atoms with E-state index in [0.717, 1.165) is 31.6 Å². The summed E-state index contributed by atoms with van der Waals surface area (Å²) in [6.07, 6.45) is 3.94. The molecule has 1 atom stereocenters. The first-order valence-corrected chi connectivity index (χ1v) is 8.40. The number of aryl methyl sites for hydroxylation is 2. The fourth-order valence-electron chi connectivity index (χ4n) is 3.21. The lowest BCUT2D eigenvalue weighted by atomic mass is 10.0. The van der Waals surface area contributed by atoms with Gasteiger partial charge < -0.3 is 14.2 Å². The third-order valence-electron chi connectivity index (χ3n) is 4.42. The summed E-state index contributed by atoms with van der Waals surface area (Å²) < 4.78 is 10.3. The molecule has 2 heterocycles. The minimum absolute atomic E-state index is 0.175. The predicted octanol–water partition coefficient (Wildman–Crippen LogP) is 3.07. The molecule has 0 unspecified atom stereocenters. The van der Waals surface area contributed by atoms with Gasteiger partial charge in [-0.15, -0.1) is 0 Å². The summed E-state index contributed by atoms with van der Waals surface area (Å²) in [5.74, 6) is 2.28. The Labute approximate surface area is 141 Å². The van der Waals surface area contributed by atoms with Crippen molar-refractivity contribution in [3.63, 3.8) is 0 Å². The largest absolute Gasteiger partial charge is 0.497 e.